The quantitative estimate of drug-likeness (QED) is 0.661. The molecule has 1 heterocycles. The van der Waals surface area contributed by atoms with Crippen molar-refractivity contribution in [2.24, 2.45) is 0 Å². The number of ether oxygens (including phenoxy) is 1. The number of aliphatic hydroxyl groups is 2. The third-order valence-electron chi connectivity index (χ3n) is 2.67. The van der Waals surface area contributed by atoms with Gasteiger partial charge in [0, 0.05) is 19.5 Å². The van der Waals surface area contributed by atoms with Crippen molar-refractivity contribution >= 4 is 0 Å². The summed E-state index contributed by atoms with van der Waals surface area (Å²) in [7, 11) is 0. The zero-order valence-electron chi connectivity index (χ0n) is 9.15. The highest BCUT2D eigenvalue weighted by Gasteiger charge is 2.11. The second-order valence-electron chi connectivity index (χ2n) is 4.01. The summed E-state index contributed by atoms with van der Waals surface area (Å²) in [5.74, 6) is 0.985. The van der Waals surface area contributed by atoms with Crippen LogP contribution in [0.1, 0.15) is 11.1 Å². The molecule has 1 aromatic carbocycles. The molecule has 1 atom stereocenters. The number of hydrogen-bond donors (Lipinski definition) is 3. The summed E-state index contributed by atoms with van der Waals surface area (Å²) in [4.78, 5) is 0. The summed E-state index contributed by atoms with van der Waals surface area (Å²) in [5.41, 5.74) is 2.43. The van der Waals surface area contributed by atoms with E-state index >= 15 is 0 Å². The molecule has 0 radical (unpaired) electrons. The van der Waals surface area contributed by atoms with Gasteiger partial charge in [-0.3, -0.25) is 0 Å². The van der Waals surface area contributed by atoms with Crippen LogP contribution in [0.5, 0.6) is 5.75 Å². The van der Waals surface area contributed by atoms with Crippen LogP contribution in [0.25, 0.3) is 0 Å². The Kier molecular flexibility index (Phi) is 3.77. The second-order valence-corrected chi connectivity index (χ2v) is 4.01. The molecular weight excluding hydrogens is 206 g/mol. The van der Waals surface area contributed by atoms with E-state index in [0.29, 0.717) is 13.1 Å². The second kappa shape index (κ2) is 5.30. The molecule has 3 N–H and O–H groups in total. The Hall–Kier alpha value is -1.10. The molecule has 0 spiro atoms. The zero-order valence-corrected chi connectivity index (χ0v) is 9.15. The minimum Gasteiger partial charge on any atom is -0.493 e. The Morgan fingerprint density at radius 2 is 2.31 bits per heavy atom. The number of hydrogen-bond acceptors (Lipinski definition) is 4. The minimum absolute atomic E-state index is 0.203. The molecule has 1 aromatic rings. The summed E-state index contributed by atoms with van der Waals surface area (Å²) in [5, 5.41) is 20.9. The van der Waals surface area contributed by atoms with Gasteiger partial charge in [0.05, 0.1) is 19.3 Å². The fourth-order valence-electron chi connectivity index (χ4n) is 1.80. The topological polar surface area (TPSA) is 61.7 Å². The molecule has 1 aliphatic rings. The van der Waals surface area contributed by atoms with Crippen molar-refractivity contribution < 1.29 is 14.9 Å². The Labute approximate surface area is 94.9 Å². The molecule has 0 saturated heterocycles. The summed E-state index contributed by atoms with van der Waals surface area (Å²) in [6, 6.07) is 6.13. The number of benzene rings is 1. The van der Waals surface area contributed by atoms with Gasteiger partial charge in [0.2, 0.25) is 0 Å². The van der Waals surface area contributed by atoms with E-state index in [4.69, 9.17) is 14.9 Å². The molecule has 4 heteroatoms. The summed E-state index contributed by atoms with van der Waals surface area (Å²) < 4.78 is 5.42. The van der Waals surface area contributed by atoms with E-state index < -0.39 is 6.10 Å². The molecule has 0 amide bonds. The van der Waals surface area contributed by atoms with Crippen LogP contribution in [0.2, 0.25) is 0 Å². The van der Waals surface area contributed by atoms with Crippen molar-refractivity contribution in [1.29, 1.82) is 0 Å². The predicted octanol–water partition coefficient (Wildman–Crippen LogP) is 0.0643. The third-order valence-corrected chi connectivity index (χ3v) is 2.67. The maximum atomic E-state index is 9.16. The lowest BCUT2D eigenvalue weighted by Gasteiger charge is -2.09. The molecule has 1 unspecified atom stereocenters. The molecule has 16 heavy (non-hydrogen) atoms. The van der Waals surface area contributed by atoms with E-state index in [-0.39, 0.29) is 6.61 Å². The van der Waals surface area contributed by atoms with Crippen molar-refractivity contribution in [2.75, 3.05) is 19.8 Å². The number of rotatable bonds is 5. The average Bonchev–Trinajstić information content (AvgIpc) is 2.76. The highest BCUT2D eigenvalue weighted by atomic mass is 16.5. The van der Waals surface area contributed by atoms with Crippen LogP contribution in [-0.4, -0.2) is 36.1 Å². The Balaban J connectivity index is 1.86. The first-order chi connectivity index (χ1) is 7.79. The van der Waals surface area contributed by atoms with Gasteiger partial charge in [-0.25, -0.2) is 0 Å². The predicted molar refractivity (Wildman–Crippen MR) is 60.4 cm³/mol. The van der Waals surface area contributed by atoms with Gasteiger partial charge < -0.3 is 20.3 Å². The first-order valence-corrected chi connectivity index (χ1v) is 5.54. The Bertz CT molecular complexity index is 354. The van der Waals surface area contributed by atoms with Crippen LogP contribution in [0.4, 0.5) is 0 Å². The van der Waals surface area contributed by atoms with Gasteiger partial charge >= 0.3 is 0 Å². The van der Waals surface area contributed by atoms with Gasteiger partial charge in [0.15, 0.2) is 0 Å². The molecule has 2 rings (SSSR count). The van der Waals surface area contributed by atoms with Crippen molar-refractivity contribution in [1.82, 2.24) is 5.32 Å². The number of nitrogens with one attached hydrogen (secondary N) is 1. The minimum atomic E-state index is -0.683. The molecule has 88 valence electrons. The van der Waals surface area contributed by atoms with Crippen molar-refractivity contribution in [3.63, 3.8) is 0 Å². The van der Waals surface area contributed by atoms with E-state index in [9.17, 15) is 0 Å². The van der Waals surface area contributed by atoms with Gasteiger partial charge in [0.1, 0.15) is 5.75 Å². The van der Waals surface area contributed by atoms with Crippen molar-refractivity contribution in [2.45, 2.75) is 19.1 Å². The fraction of sp³-hybridized carbons (Fsp3) is 0.500. The lowest BCUT2D eigenvalue weighted by Crippen LogP contribution is -2.28. The van der Waals surface area contributed by atoms with Gasteiger partial charge in [0.25, 0.3) is 0 Å². The third kappa shape index (κ3) is 2.72. The smallest absolute Gasteiger partial charge is 0.122 e. The number of fused-ring (bicyclic) bond motifs is 1. The molecule has 4 nitrogen and oxygen atoms in total. The summed E-state index contributed by atoms with van der Waals surface area (Å²) >= 11 is 0. The van der Waals surface area contributed by atoms with Crippen LogP contribution in [0, 0.1) is 0 Å². The number of aliphatic hydroxyl groups excluding tert-OH is 2. The molecule has 1 aliphatic heterocycles. The standard InChI is InChI=1S/C12H17NO3/c14-8-11(15)7-13-6-9-1-2-12-10(5-9)3-4-16-12/h1-2,5,11,13-15H,3-4,6-8H2. The van der Waals surface area contributed by atoms with E-state index in [1.54, 1.807) is 0 Å². The summed E-state index contributed by atoms with van der Waals surface area (Å²) in [6.07, 6.45) is 0.292. The lowest BCUT2D eigenvalue weighted by molar-refractivity contribution is 0.0942. The van der Waals surface area contributed by atoms with E-state index in [2.05, 4.69) is 11.4 Å². The summed E-state index contributed by atoms with van der Waals surface area (Å²) in [6.45, 7) is 1.68. The maximum absolute atomic E-state index is 9.16. The van der Waals surface area contributed by atoms with Crippen LogP contribution in [0.15, 0.2) is 18.2 Å². The van der Waals surface area contributed by atoms with Gasteiger partial charge in [-0.1, -0.05) is 12.1 Å². The maximum Gasteiger partial charge on any atom is 0.122 e. The fourth-order valence-corrected chi connectivity index (χ4v) is 1.80. The first kappa shape index (κ1) is 11.4. The van der Waals surface area contributed by atoms with E-state index in [1.807, 2.05) is 12.1 Å². The van der Waals surface area contributed by atoms with Crippen molar-refractivity contribution in [3.8, 4) is 5.75 Å². The highest BCUT2D eigenvalue weighted by Crippen LogP contribution is 2.25. The molecular formula is C12H17NO3. The Morgan fingerprint density at radius 3 is 3.12 bits per heavy atom. The molecule has 0 aromatic heterocycles. The van der Waals surface area contributed by atoms with Crippen LogP contribution in [-0.2, 0) is 13.0 Å². The first-order valence-electron chi connectivity index (χ1n) is 5.54. The average molecular weight is 223 g/mol. The van der Waals surface area contributed by atoms with E-state index in [1.165, 1.54) is 11.1 Å². The Morgan fingerprint density at radius 1 is 1.44 bits per heavy atom. The zero-order chi connectivity index (χ0) is 11.4. The molecule has 0 bridgehead atoms. The van der Waals surface area contributed by atoms with Gasteiger partial charge in [-0.2, -0.15) is 0 Å². The largest absolute Gasteiger partial charge is 0.493 e. The highest BCUT2D eigenvalue weighted by molar-refractivity contribution is 5.39. The lowest BCUT2D eigenvalue weighted by atomic mass is 10.1. The molecule has 0 aliphatic carbocycles. The van der Waals surface area contributed by atoms with Crippen LogP contribution < -0.4 is 10.1 Å². The van der Waals surface area contributed by atoms with E-state index in [0.717, 1.165) is 18.8 Å². The SMILES string of the molecule is OCC(O)CNCc1ccc2c(c1)CCO2. The van der Waals surface area contributed by atoms with Crippen LogP contribution >= 0.6 is 0 Å². The normalized spacial score (nSPS) is 15.6. The molecule has 0 saturated carbocycles. The molecule has 0 fully saturated rings. The van der Waals surface area contributed by atoms with Crippen molar-refractivity contribution in [3.05, 3.63) is 29.3 Å². The van der Waals surface area contributed by atoms with Gasteiger partial charge in [-0.15, -0.1) is 0 Å². The van der Waals surface area contributed by atoms with Crippen LogP contribution in [0.3, 0.4) is 0 Å². The monoisotopic (exact) mass is 223 g/mol. The van der Waals surface area contributed by atoms with Gasteiger partial charge in [-0.05, 0) is 17.2 Å².